The summed E-state index contributed by atoms with van der Waals surface area (Å²) in [4.78, 5) is 0. The van der Waals surface area contributed by atoms with Gasteiger partial charge < -0.3 is 5.32 Å². The van der Waals surface area contributed by atoms with Crippen molar-refractivity contribution in [2.75, 3.05) is 5.32 Å². The standard InChI is InChI=1S/C11H13BrFN/c1-7(8-2-3-8)14-9-4-5-10(12)11(13)6-9/h4-8,14H,2-3H2,1H3. The van der Waals surface area contributed by atoms with Gasteiger partial charge in [-0.25, -0.2) is 4.39 Å². The molecule has 1 N–H and O–H groups in total. The van der Waals surface area contributed by atoms with E-state index >= 15 is 0 Å². The second-order valence-corrected chi connectivity index (χ2v) is 4.75. The minimum Gasteiger partial charge on any atom is -0.382 e. The molecule has 2 rings (SSSR count). The normalized spacial score (nSPS) is 17.9. The maximum absolute atomic E-state index is 13.2. The zero-order valence-electron chi connectivity index (χ0n) is 8.06. The highest BCUT2D eigenvalue weighted by Gasteiger charge is 2.27. The molecule has 0 heterocycles. The van der Waals surface area contributed by atoms with Gasteiger partial charge in [-0.1, -0.05) is 0 Å². The summed E-state index contributed by atoms with van der Waals surface area (Å²) in [6, 6.07) is 5.61. The van der Waals surface area contributed by atoms with E-state index in [0.717, 1.165) is 11.6 Å². The fourth-order valence-electron chi connectivity index (χ4n) is 1.56. The van der Waals surface area contributed by atoms with Crippen LogP contribution in [0.15, 0.2) is 22.7 Å². The molecule has 1 saturated carbocycles. The highest BCUT2D eigenvalue weighted by atomic mass is 79.9. The molecule has 1 aromatic rings. The Labute approximate surface area is 91.8 Å². The van der Waals surface area contributed by atoms with Crippen LogP contribution in [0.1, 0.15) is 19.8 Å². The summed E-state index contributed by atoms with van der Waals surface area (Å²) >= 11 is 3.13. The Morgan fingerprint density at radius 3 is 2.79 bits per heavy atom. The Hall–Kier alpha value is -0.570. The molecule has 0 aliphatic heterocycles. The molecule has 76 valence electrons. The Morgan fingerprint density at radius 1 is 1.50 bits per heavy atom. The first-order valence-corrected chi connectivity index (χ1v) is 5.67. The molecule has 3 heteroatoms. The summed E-state index contributed by atoms with van der Waals surface area (Å²) in [5, 5.41) is 3.31. The maximum Gasteiger partial charge on any atom is 0.139 e. The summed E-state index contributed by atoms with van der Waals surface area (Å²) in [7, 11) is 0. The Bertz CT molecular complexity index is 336. The van der Waals surface area contributed by atoms with Crippen LogP contribution in [0, 0.1) is 11.7 Å². The van der Waals surface area contributed by atoms with E-state index in [1.165, 1.54) is 18.9 Å². The molecule has 1 aliphatic rings. The molecular formula is C11H13BrFN. The molecule has 1 aromatic carbocycles. The SMILES string of the molecule is CC(Nc1ccc(Br)c(F)c1)C1CC1. The van der Waals surface area contributed by atoms with E-state index in [9.17, 15) is 4.39 Å². The van der Waals surface area contributed by atoms with Crippen LogP contribution >= 0.6 is 15.9 Å². The predicted octanol–water partition coefficient (Wildman–Crippen LogP) is 3.80. The second kappa shape index (κ2) is 3.89. The average Bonchev–Trinajstić information content (AvgIpc) is 2.94. The first-order chi connectivity index (χ1) is 6.66. The van der Waals surface area contributed by atoms with Crippen molar-refractivity contribution in [3.8, 4) is 0 Å². The maximum atomic E-state index is 13.2. The van der Waals surface area contributed by atoms with Crippen molar-refractivity contribution in [1.82, 2.24) is 0 Å². The van der Waals surface area contributed by atoms with Crippen LogP contribution in [-0.4, -0.2) is 6.04 Å². The molecule has 1 fully saturated rings. The van der Waals surface area contributed by atoms with Gasteiger partial charge in [-0.15, -0.1) is 0 Å². The summed E-state index contributed by atoms with van der Waals surface area (Å²) in [6.07, 6.45) is 2.60. The number of hydrogen-bond acceptors (Lipinski definition) is 1. The van der Waals surface area contributed by atoms with Crippen molar-refractivity contribution in [3.05, 3.63) is 28.5 Å². The van der Waals surface area contributed by atoms with Crippen molar-refractivity contribution < 1.29 is 4.39 Å². The van der Waals surface area contributed by atoms with E-state index < -0.39 is 0 Å². The predicted molar refractivity (Wildman–Crippen MR) is 59.9 cm³/mol. The number of halogens is 2. The minimum atomic E-state index is -0.210. The monoisotopic (exact) mass is 257 g/mol. The van der Waals surface area contributed by atoms with E-state index in [0.29, 0.717) is 10.5 Å². The lowest BCUT2D eigenvalue weighted by Gasteiger charge is -2.14. The lowest BCUT2D eigenvalue weighted by Crippen LogP contribution is -2.17. The van der Waals surface area contributed by atoms with E-state index in [4.69, 9.17) is 0 Å². The van der Waals surface area contributed by atoms with Gasteiger partial charge >= 0.3 is 0 Å². The summed E-state index contributed by atoms with van der Waals surface area (Å²) < 4.78 is 13.7. The summed E-state index contributed by atoms with van der Waals surface area (Å²) in [5.74, 6) is 0.569. The molecule has 0 amide bonds. The van der Waals surface area contributed by atoms with E-state index in [1.54, 1.807) is 6.07 Å². The minimum absolute atomic E-state index is 0.210. The molecule has 1 aliphatic carbocycles. The van der Waals surface area contributed by atoms with Gasteiger partial charge in [-0.05, 0) is 59.8 Å². The lowest BCUT2D eigenvalue weighted by atomic mass is 10.2. The number of nitrogens with one attached hydrogen (secondary N) is 1. The molecule has 0 spiro atoms. The third-order valence-electron chi connectivity index (χ3n) is 2.64. The Kier molecular flexibility index (Phi) is 2.77. The van der Waals surface area contributed by atoms with Crippen LogP contribution in [0.3, 0.4) is 0 Å². The molecule has 1 atom stereocenters. The largest absolute Gasteiger partial charge is 0.382 e. The van der Waals surface area contributed by atoms with E-state index in [1.807, 2.05) is 6.07 Å². The molecule has 0 bridgehead atoms. The van der Waals surface area contributed by atoms with Gasteiger partial charge in [0.15, 0.2) is 0 Å². The van der Waals surface area contributed by atoms with Crippen LogP contribution < -0.4 is 5.32 Å². The first kappa shape index (κ1) is 9.97. The molecule has 14 heavy (non-hydrogen) atoms. The quantitative estimate of drug-likeness (QED) is 0.869. The van der Waals surface area contributed by atoms with E-state index in [-0.39, 0.29) is 5.82 Å². The fraction of sp³-hybridized carbons (Fsp3) is 0.455. The van der Waals surface area contributed by atoms with Crippen LogP contribution in [0.4, 0.5) is 10.1 Å². The van der Waals surface area contributed by atoms with Gasteiger partial charge in [0.2, 0.25) is 0 Å². The Balaban J connectivity index is 2.04. The van der Waals surface area contributed by atoms with Gasteiger partial charge in [0, 0.05) is 11.7 Å². The second-order valence-electron chi connectivity index (χ2n) is 3.90. The lowest BCUT2D eigenvalue weighted by molar-refractivity contribution is 0.620. The van der Waals surface area contributed by atoms with Gasteiger partial charge in [0.25, 0.3) is 0 Å². The fourth-order valence-corrected chi connectivity index (χ4v) is 1.81. The van der Waals surface area contributed by atoms with Gasteiger partial charge in [0.1, 0.15) is 5.82 Å². The number of benzene rings is 1. The Morgan fingerprint density at radius 2 is 2.21 bits per heavy atom. The molecule has 0 aromatic heterocycles. The van der Waals surface area contributed by atoms with Crippen molar-refractivity contribution in [3.63, 3.8) is 0 Å². The molecule has 0 saturated heterocycles. The smallest absolute Gasteiger partial charge is 0.139 e. The number of rotatable bonds is 3. The van der Waals surface area contributed by atoms with Crippen LogP contribution in [0.25, 0.3) is 0 Å². The van der Waals surface area contributed by atoms with Crippen LogP contribution in [0.2, 0.25) is 0 Å². The molecule has 1 unspecified atom stereocenters. The summed E-state index contributed by atoms with van der Waals surface area (Å²) in [6.45, 7) is 2.15. The van der Waals surface area contributed by atoms with Crippen molar-refractivity contribution in [2.24, 2.45) is 5.92 Å². The molecular weight excluding hydrogens is 245 g/mol. The average molecular weight is 258 g/mol. The zero-order valence-corrected chi connectivity index (χ0v) is 9.64. The number of hydrogen-bond donors (Lipinski definition) is 1. The van der Waals surface area contributed by atoms with Crippen LogP contribution in [0.5, 0.6) is 0 Å². The van der Waals surface area contributed by atoms with Crippen molar-refractivity contribution in [1.29, 1.82) is 0 Å². The topological polar surface area (TPSA) is 12.0 Å². The summed E-state index contributed by atoms with van der Waals surface area (Å²) in [5.41, 5.74) is 0.866. The third-order valence-corrected chi connectivity index (χ3v) is 3.29. The highest BCUT2D eigenvalue weighted by Crippen LogP contribution is 2.34. The van der Waals surface area contributed by atoms with Gasteiger partial charge in [-0.3, -0.25) is 0 Å². The zero-order chi connectivity index (χ0) is 10.1. The van der Waals surface area contributed by atoms with E-state index in [2.05, 4.69) is 28.2 Å². The highest BCUT2D eigenvalue weighted by molar-refractivity contribution is 9.10. The van der Waals surface area contributed by atoms with Gasteiger partial charge in [-0.2, -0.15) is 0 Å². The number of anilines is 1. The molecule has 1 nitrogen and oxygen atoms in total. The van der Waals surface area contributed by atoms with Crippen LogP contribution in [-0.2, 0) is 0 Å². The first-order valence-electron chi connectivity index (χ1n) is 4.88. The van der Waals surface area contributed by atoms with Crippen molar-refractivity contribution in [2.45, 2.75) is 25.8 Å². The van der Waals surface area contributed by atoms with Gasteiger partial charge in [0.05, 0.1) is 4.47 Å². The van der Waals surface area contributed by atoms with Crippen molar-refractivity contribution >= 4 is 21.6 Å². The molecule has 0 radical (unpaired) electrons. The third kappa shape index (κ3) is 2.27.